The van der Waals surface area contributed by atoms with Crippen molar-refractivity contribution in [3.05, 3.63) is 259 Å². The van der Waals surface area contributed by atoms with E-state index in [1.165, 1.54) is 75.8 Å². The molecule has 1 aliphatic rings. The van der Waals surface area contributed by atoms with Gasteiger partial charge in [0, 0.05) is 47.9 Å². The molecule has 0 fully saturated rings. The maximum atomic E-state index is 6.37. The number of fused-ring (bicyclic) bond motifs is 9. The quantitative estimate of drug-likeness (QED) is 0.159. The summed E-state index contributed by atoms with van der Waals surface area (Å²) in [6, 6.07) is 86.6. The third-order valence-corrected chi connectivity index (χ3v) is 14.5. The Kier molecular flexibility index (Phi) is 8.34. The monoisotopic (exact) mass is 833 g/mol. The molecule has 0 atom stereocenters. The molecule has 0 saturated carbocycles. The minimum atomic E-state index is -0.517. The van der Waals surface area contributed by atoms with Crippen LogP contribution in [0, 0.1) is 0 Å². The average Bonchev–Trinajstić information content (AvgIpc) is 4.03. The molecule has 12 aromatic rings. The fourth-order valence-electron chi connectivity index (χ4n) is 10.5. The highest BCUT2D eigenvalue weighted by molar-refractivity contribution is 7.25. The van der Waals surface area contributed by atoms with Crippen LogP contribution < -0.4 is 4.90 Å². The van der Waals surface area contributed by atoms with E-state index in [-0.39, 0.29) is 0 Å². The predicted molar refractivity (Wildman–Crippen MR) is 269 cm³/mol. The van der Waals surface area contributed by atoms with Crippen LogP contribution in [0.1, 0.15) is 22.3 Å². The minimum absolute atomic E-state index is 0.517. The van der Waals surface area contributed by atoms with Gasteiger partial charge in [0.05, 0.1) is 11.1 Å². The van der Waals surface area contributed by atoms with Crippen LogP contribution in [0.25, 0.3) is 75.5 Å². The number of hydrogen-bond acceptors (Lipinski definition) is 3. The second-order valence-electron chi connectivity index (χ2n) is 16.8. The molecule has 2 aromatic heterocycles. The van der Waals surface area contributed by atoms with E-state index in [1.807, 2.05) is 17.4 Å². The SMILES string of the molecule is c1ccc(C2(c3ccccc3)c3ccccc3-c3c(N(c4ccc(-c5cccc(-c6ccc7sc8ccccc8c7c6)c5)cc4)c4ccc5oc6ccccc6c5c4)cccc32)cc1. The molecule has 2 heterocycles. The third kappa shape index (κ3) is 5.58. The zero-order chi connectivity index (χ0) is 42.2. The van der Waals surface area contributed by atoms with Gasteiger partial charge in [-0.1, -0.05) is 170 Å². The summed E-state index contributed by atoms with van der Waals surface area (Å²) < 4.78 is 9.01. The van der Waals surface area contributed by atoms with Gasteiger partial charge in [-0.15, -0.1) is 11.3 Å². The Hall–Kier alpha value is -7.98. The summed E-state index contributed by atoms with van der Waals surface area (Å²) in [6.07, 6.45) is 0. The molecule has 0 saturated heterocycles. The van der Waals surface area contributed by atoms with Gasteiger partial charge in [-0.25, -0.2) is 0 Å². The molecule has 10 aromatic carbocycles. The van der Waals surface area contributed by atoms with E-state index in [2.05, 4.69) is 235 Å². The summed E-state index contributed by atoms with van der Waals surface area (Å²) in [6.45, 7) is 0. The van der Waals surface area contributed by atoms with Crippen LogP contribution in [0.4, 0.5) is 17.1 Å². The summed E-state index contributed by atoms with van der Waals surface area (Å²) >= 11 is 1.86. The van der Waals surface area contributed by atoms with Gasteiger partial charge in [0.2, 0.25) is 0 Å². The van der Waals surface area contributed by atoms with Crippen molar-refractivity contribution in [2.24, 2.45) is 0 Å². The number of nitrogens with zero attached hydrogens (tertiary/aromatic N) is 1. The highest BCUT2D eigenvalue weighted by Gasteiger charge is 2.47. The van der Waals surface area contributed by atoms with Gasteiger partial charge in [-0.3, -0.25) is 0 Å². The van der Waals surface area contributed by atoms with Gasteiger partial charge in [0.25, 0.3) is 0 Å². The number of para-hydroxylation sites is 1. The van der Waals surface area contributed by atoms with E-state index in [9.17, 15) is 0 Å². The van der Waals surface area contributed by atoms with Crippen molar-refractivity contribution in [2.75, 3.05) is 4.90 Å². The van der Waals surface area contributed by atoms with Crippen LogP contribution >= 0.6 is 11.3 Å². The molecule has 0 aliphatic heterocycles. The molecule has 13 rings (SSSR count). The third-order valence-electron chi connectivity index (χ3n) is 13.4. The zero-order valence-corrected chi connectivity index (χ0v) is 35.6. The lowest BCUT2D eigenvalue weighted by Gasteiger charge is -2.34. The summed E-state index contributed by atoms with van der Waals surface area (Å²) in [5.41, 5.74) is 16.8. The van der Waals surface area contributed by atoms with Crippen molar-refractivity contribution < 1.29 is 4.42 Å². The lowest BCUT2D eigenvalue weighted by Crippen LogP contribution is -2.28. The second-order valence-corrected chi connectivity index (χ2v) is 17.9. The van der Waals surface area contributed by atoms with E-state index in [0.29, 0.717) is 0 Å². The lowest BCUT2D eigenvalue weighted by atomic mass is 9.68. The van der Waals surface area contributed by atoms with Crippen LogP contribution in [0.5, 0.6) is 0 Å². The number of rotatable bonds is 7. The first-order valence-electron chi connectivity index (χ1n) is 21.9. The van der Waals surface area contributed by atoms with E-state index >= 15 is 0 Å². The number of furan rings is 1. The van der Waals surface area contributed by atoms with Crippen LogP contribution in [0.2, 0.25) is 0 Å². The first-order valence-corrected chi connectivity index (χ1v) is 22.7. The van der Waals surface area contributed by atoms with E-state index in [4.69, 9.17) is 4.42 Å². The van der Waals surface area contributed by atoms with Crippen LogP contribution in [0.15, 0.2) is 241 Å². The Labute approximate surface area is 375 Å². The van der Waals surface area contributed by atoms with Crippen LogP contribution in [-0.4, -0.2) is 0 Å². The number of hydrogen-bond donors (Lipinski definition) is 0. The molecular formula is C61H39NOS. The molecule has 1 aliphatic carbocycles. The molecule has 0 spiro atoms. The van der Waals surface area contributed by atoms with Gasteiger partial charge in [0.15, 0.2) is 0 Å². The van der Waals surface area contributed by atoms with E-state index < -0.39 is 5.41 Å². The number of benzene rings is 10. The first kappa shape index (κ1) is 36.7. The second kappa shape index (κ2) is 14.6. The van der Waals surface area contributed by atoms with E-state index in [0.717, 1.165) is 39.0 Å². The molecule has 0 amide bonds. The predicted octanol–water partition coefficient (Wildman–Crippen LogP) is 17.1. The zero-order valence-electron chi connectivity index (χ0n) is 34.8. The number of anilines is 3. The van der Waals surface area contributed by atoms with Gasteiger partial charge >= 0.3 is 0 Å². The summed E-state index contributed by atoms with van der Waals surface area (Å²) in [4.78, 5) is 2.45. The lowest BCUT2D eigenvalue weighted by molar-refractivity contribution is 0.669. The molecule has 3 heteroatoms. The van der Waals surface area contributed by atoms with Gasteiger partial charge < -0.3 is 9.32 Å². The van der Waals surface area contributed by atoms with Crippen molar-refractivity contribution in [2.45, 2.75) is 5.41 Å². The van der Waals surface area contributed by atoms with Crippen LogP contribution in [0.3, 0.4) is 0 Å². The Balaban J connectivity index is 0.989. The van der Waals surface area contributed by atoms with Crippen molar-refractivity contribution in [1.29, 1.82) is 0 Å². The summed E-state index contributed by atoms with van der Waals surface area (Å²) in [5, 5.41) is 4.83. The van der Waals surface area contributed by atoms with Crippen molar-refractivity contribution in [3.63, 3.8) is 0 Å². The Morgan fingerprint density at radius 3 is 1.77 bits per heavy atom. The van der Waals surface area contributed by atoms with Crippen molar-refractivity contribution in [1.82, 2.24) is 0 Å². The van der Waals surface area contributed by atoms with E-state index in [1.54, 1.807) is 0 Å². The van der Waals surface area contributed by atoms with Gasteiger partial charge in [-0.05, 0) is 117 Å². The summed E-state index contributed by atoms with van der Waals surface area (Å²) in [7, 11) is 0. The van der Waals surface area contributed by atoms with Crippen LogP contribution in [-0.2, 0) is 5.41 Å². The molecule has 64 heavy (non-hydrogen) atoms. The topological polar surface area (TPSA) is 16.4 Å². The maximum absolute atomic E-state index is 6.37. The smallest absolute Gasteiger partial charge is 0.135 e. The van der Waals surface area contributed by atoms with Gasteiger partial charge in [0.1, 0.15) is 11.2 Å². The Morgan fingerprint density at radius 1 is 0.359 bits per heavy atom. The first-order chi connectivity index (χ1) is 31.7. The van der Waals surface area contributed by atoms with Crippen molar-refractivity contribution >= 4 is 70.5 Å². The average molecular weight is 834 g/mol. The fourth-order valence-corrected chi connectivity index (χ4v) is 11.6. The molecule has 2 nitrogen and oxygen atoms in total. The molecule has 0 bridgehead atoms. The Bertz CT molecular complexity index is 3690. The van der Waals surface area contributed by atoms with Crippen molar-refractivity contribution in [3.8, 4) is 33.4 Å². The summed E-state index contributed by atoms with van der Waals surface area (Å²) in [5.74, 6) is 0. The normalized spacial score (nSPS) is 12.8. The highest BCUT2D eigenvalue weighted by Crippen LogP contribution is 2.59. The maximum Gasteiger partial charge on any atom is 0.135 e. The standard InChI is InChI=1S/C61H39NOS/c1-3-17-44(18-4-1)61(45-19-5-2-6-20-45)53-24-10-7-23-50(53)60-54(61)25-14-26-55(60)62(47-34-35-57-51(39-47)48-21-8-11-27-56(48)63-57)46-32-29-40(30-33-46)41-15-13-16-42(37-41)43-31-36-59-52(38-43)49-22-9-12-28-58(49)64-59/h1-39H. The molecule has 0 N–H and O–H groups in total. The molecular weight excluding hydrogens is 795 g/mol. The highest BCUT2D eigenvalue weighted by atomic mass is 32.1. The molecule has 0 radical (unpaired) electrons. The Morgan fingerprint density at radius 2 is 0.953 bits per heavy atom. The number of thiophene rings is 1. The minimum Gasteiger partial charge on any atom is -0.456 e. The molecule has 0 unspecified atom stereocenters. The van der Waals surface area contributed by atoms with Gasteiger partial charge in [-0.2, -0.15) is 0 Å². The molecule has 300 valence electrons. The largest absolute Gasteiger partial charge is 0.456 e. The fraction of sp³-hybridized carbons (Fsp3) is 0.0164.